The van der Waals surface area contributed by atoms with Gasteiger partial charge in [-0.3, -0.25) is 0 Å². The van der Waals surface area contributed by atoms with Gasteiger partial charge in [0.05, 0.1) is 6.10 Å². The van der Waals surface area contributed by atoms with E-state index < -0.39 is 0 Å². The average Bonchev–Trinajstić information content (AvgIpc) is 2.73. The lowest BCUT2D eigenvalue weighted by molar-refractivity contribution is 0.0664. The molecule has 1 aliphatic carbocycles. The third-order valence-electron chi connectivity index (χ3n) is 4.71. The lowest BCUT2D eigenvalue weighted by Gasteiger charge is -2.17. The summed E-state index contributed by atoms with van der Waals surface area (Å²) < 4.78 is 6.03. The van der Waals surface area contributed by atoms with Gasteiger partial charge >= 0.3 is 0 Å². The van der Waals surface area contributed by atoms with Crippen molar-refractivity contribution in [2.45, 2.75) is 31.9 Å². The van der Waals surface area contributed by atoms with Gasteiger partial charge in [0.2, 0.25) is 0 Å². The van der Waals surface area contributed by atoms with Crippen LogP contribution < -0.4 is 5.32 Å². The Balaban J connectivity index is 1.64. The lowest BCUT2D eigenvalue weighted by atomic mass is 10.0. The fourth-order valence-electron chi connectivity index (χ4n) is 3.44. The Labute approximate surface area is 126 Å². The number of hydrogen-bond acceptors (Lipinski definition) is 2. The summed E-state index contributed by atoms with van der Waals surface area (Å²) in [6.07, 6.45) is 2.33. The van der Waals surface area contributed by atoms with Gasteiger partial charge in [-0.15, -0.1) is 0 Å². The van der Waals surface area contributed by atoms with Crippen LogP contribution in [0, 0.1) is 0 Å². The molecule has 108 valence electrons. The Bertz CT molecular complexity index is 664. The van der Waals surface area contributed by atoms with Gasteiger partial charge in [0.25, 0.3) is 0 Å². The van der Waals surface area contributed by atoms with Gasteiger partial charge in [-0.25, -0.2) is 0 Å². The van der Waals surface area contributed by atoms with Crippen molar-refractivity contribution < 1.29 is 4.74 Å². The first kappa shape index (κ1) is 13.1. The molecule has 2 nitrogen and oxygen atoms in total. The molecular weight excluding hydrogens is 258 g/mol. The fraction of sp³-hybridized carbons (Fsp3) is 0.368. The van der Waals surface area contributed by atoms with Crippen molar-refractivity contribution in [2.75, 3.05) is 13.2 Å². The maximum atomic E-state index is 6.03. The third kappa shape index (κ3) is 2.39. The fourth-order valence-corrected chi connectivity index (χ4v) is 3.44. The summed E-state index contributed by atoms with van der Waals surface area (Å²) in [5, 5.41) is 3.55. The SMILES string of the molecule is CC1CCOC(c2ccc3c(c2)Cc2ccccc2-3)CN1. The normalized spacial score (nSPS) is 24.2. The van der Waals surface area contributed by atoms with E-state index in [1.54, 1.807) is 0 Å². The van der Waals surface area contributed by atoms with Gasteiger partial charge in [-0.1, -0.05) is 42.5 Å². The van der Waals surface area contributed by atoms with E-state index in [4.69, 9.17) is 4.74 Å². The summed E-state index contributed by atoms with van der Waals surface area (Å²) in [6, 6.07) is 16.1. The molecule has 21 heavy (non-hydrogen) atoms. The smallest absolute Gasteiger partial charge is 0.0949 e. The van der Waals surface area contributed by atoms with Crippen LogP contribution in [0.1, 0.15) is 36.1 Å². The topological polar surface area (TPSA) is 21.3 Å². The second-order valence-corrected chi connectivity index (χ2v) is 6.21. The lowest BCUT2D eigenvalue weighted by Crippen LogP contribution is -2.27. The predicted octanol–water partition coefficient (Wildman–Crippen LogP) is 3.70. The minimum Gasteiger partial charge on any atom is -0.372 e. The number of fused-ring (bicyclic) bond motifs is 3. The van der Waals surface area contributed by atoms with E-state index in [-0.39, 0.29) is 6.10 Å². The Kier molecular flexibility index (Phi) is 3.28. The first-order valence-electron chi connectivity index (χ1n) is 7.87. The molecule has 0 radical (unpaired) electrons. The zero-order chi connectivity index (χ0) is 14.2. The summed E-state index contributed by atoms with van der Waals surface area (Å²) in [6.45, 7) is 3.98. The van der Waals surface area contributed by atoms with E-state index in [9.17, 15) is 0 Å². The third-order valence-corrected chi connectivity index (χ3v) is 4.71. The summed E-state index contributed by atoms with van der Waals surface area (Å²) in [5.74, 6) is 0. The van der Waals surface area contributed by atoms with Gasteiger partial charge in [-0.2, -0.15) is 0 Å². The molecule has 2 unspecified atom stereocenters. The van der Waals surface area contributed by atoms with Crippen molar-refractivity contribution in [3.05, 3.63) is 59.2 Å². The first-order valence-corrected chi connectivity index (χ1v) is 7.87. The molecule has 0 saturated carbocycles. The minimum absolute atomic E-state index is 0.184. The molecule has 0 aromatic heterocycles. The van der Waals surface area contributed by atoms with E-state index in [2.05, 4.69) is 54.7 Å². The highest BCUT2D eigenvalue weighted by molar-refractivity contribution is 5.76. The number of hydrogen-bond donors (Lipinski definition) is 1. The molecule has 0 bridgehead atoms. The van der Waals surface area contributed by atoms with Gasteiger partial charge in [0, 0.05) is 19.2 Å². The van der Waals surface area contributed by atoms with Gasteiger partial charge in [0.1, 0.15) is 0 Å². The van der Waals surface area contributed by atoms with Crippen LogP contribution in [0.25, 0.3) is 11.1 Å². The van der Waals surface area contributed by atoms with Gasteiger partial charge in [0.15, 0.2) is 0 Å². The van der Waals surface area contributed by atoms with E-state index >= 15 is 0 Å². The summed E-state index contributed by atoms with van der Waals surface area (Å²) in [4.78, 5) is 0. The molecule has 4 rings (SSSR count). The summed E-state index contributed by atoms with van der Waals surface area (Å²) >= 11 is 0. The van der Waals surface area contributed by atoms with Crippen molar-refractivity contribution in [2.24, 2.45) is 0 Å². The monoisotopic (exact) mass is 279 g/mol. The first-order chi connectivity index (χ1) is 10.3. The predicted molar refractivity (Wildman–Crippen MR) is 85.5 cm³/mol. The van der Waals surface area contributed by atoms with Crippen LogP contribution in [0.15, 0.2) is 42.5 Å². The Morgan fingerprint density at radius 3 is 2.86 bits per heavy atom. The second kappa shape index (κ2) is 5.28. The van der Waals surface area contributed by atoms with Crippen LogP contribution in [0.3, 0.4) is 0 Å². The van der Waals surface area contributed by atoms with E-state index in [1.165, 1.54) is 27.8 Å². The van der Waals surface area contributed by atoms with Crippen molar-refractivity contribution in [1.29, 1.82) is 0 Å². The average molecular weight is 279 g/mol. The van der Waals surface area contributed by atoms with E-state index in [0.29, 0.717) is 6.04 Å². The molecule has 1 fully saturated rings. The molecule has 1 saturated heterocycles. The van der Waals surface area contributed by atoms with Crippen LogP contribution in [0.5, 0.6) is 0 Å². The molecular formula is C19H21NO. The van der Waals surface area contributed by atoms with Gasteiger partial charge < -0.3 is 10.1 Å². The molecule has 2 aromatic carbocycles. The largest absolute Gasteiger partial charge is 0.372 e. The van der Waals surface area contributed by atoms with Crippen LogP contribution in [0.2, 0.25) is 0 Å². The van der Waals surface area contributed by atoms with Crippen molar-refractivity contribution in [1.82, 2.24) is 5.32 Å². The number of benzene rings is 2. The van der Waals surface area contributed by atoms with Crippen molar-refractivity contribution in [3.63, 3.8) is 0 Å². The van der Waals surface area contributed by atoms with Crippen molar-refractivity contribution >= 4 is 0 Å². The molecule has 1 N–H and O–H groups in total. The second-order valence-electron chi connectivity index (χ2n) is 6.21. The number of ether oxygens (including phenoxy) is 1. The Hall–Kier alpha value is -1.64. The molecule has 1 heterocycles. The molecule has 0 amide bonds. The number of rotatable bonds is 1. The standard InChI is InChI=1S/C19H21NO/c1-13-8-9-21-19(12-20-13)15-6-7-18-16(11-15)10-14-4-2-3-5-17(14)18/h2-7,11,13,19-20H,8-10,12H2,1H3. The van der Waals surface area contributed by atoms with Crippen LogP contribution in [-0.2, 0) is 11.2 Å². The molecule has 2 atom stereocenters. The van der Waals surface area contributed by atoms with Crippen LogP contribution in [0.4, 0.5) is 0 Å². The molecule has 0 spiro atoms. The summed E-state index contributed by atoms with van der Waals surface area (Å²) in [7, 11) is 0. The maximum Gasteiger partial charge on any atom is 0.0949 e. The van der Waals surface area contributed by atoms with Crippen molar-refractivity contribution in [3.8, 4) is 11.1 Å². The van der Waals surface area contributed by atoms with Gasteiger partial charge in [-0.05, 0) is 47.6 Å². The number of nitrogens with one attached hydrogen (secondary N) is 1. The molecule has 2 heteroatoms. The highest BCUT2D eigenvalue weighted by Crippen LogP contribution is 2.37. The van der Waals surface area contributed by atoms with E-state index in [0.717, 1.165) is 26.0 Å². The van der Waals surface area contributed by atoms with Crippen LogP contribution in [-0.4, -0.2) is 19.2 Å². The zero-order valence-corrected chi connectivity index (χ0v) is 12.4. The van der Waals surface area contributed by atoms with Crippen LogP contribution >= 0.6 is 0 Å². The summed E-state index contributed by atoms with van der Waals surface area (Å²) in [5.41, 5.74) is 6.98. The molecule has 2 aliphatic rings. The Morgan fingerprint density at radius 1 is 1.05 bits per heavy atom. The maximum absolute atomic E-state index is 6.03. The molecule has 2 aromatic rings. The molecule has 1 aliphatic heterocycles. The quantitative estimate of drug-likeness (QED) is 0.733. The zero-order valence-electron chi connectivity index (χ0n) is 12.4. The Morgan fingerprint density at radius 2 is 1.90 bits per heavy atom. The van der Waals surface area contributed by atoms with E-state index in [1.807, 2.05) is 0 Å². The highest BCUT2D eigenvalue weighted by atomic mass is 16.5. The minimum atomic E-state index is 0.184. The highest BCUT2D eigenvalue weighted by Gasteiger charge is 2.22.